The molecule has 1 unspecified atom stereocenters. The van der Waals surface area contributed by atoms with E-state index in [0.717, 1.165) is 10.2 Å². The van der Waals surface area contributed by atoms with E-state index in [9.17, 15) is 0 Å². The molecule has 1 atom stereocenters. The fourth-order valence-corrected chi connectivity index (χ4v) is 3.89. The fraction of sp³-hybridized carbons (Fsp3) is 0.111. The predicted octanol–water partition coefficient (Wildman–Crippen LogP) is 5.39. The summed E-state index contributed by atoms with van der Waals surface area (Å²) in [6.07, 6.45) is 0. The molecular formula is C18H16BrNS. The third-order valence-corrected chi connectivity index (χ3v) is 5.05. The quantitative estimate of drug-likeness (QED) is 0.633. The second-order valence-corrected chi connectivity index (χ2v) is 6.95. The molecule has 0 saturated carbocycles. The van der Waals surface area contributed by atoms with Crippen molar-refractivity contribution in [2.75, 3.05) is 5.75 Å². The number of hydrogen-bond acceptors (Lipinski definition) is 2. The Hall–Kier alpha value is -1.29. The zero-order valence-corrected chi connectivity index (χ0v) is 13.9. The molecule has 3 aromatic rings. The fourth-order valence-electron chi connectivity index (χ4n) is 2.41. The molecule has 1 nitrogen and oxygen atoms in total. The normalized spacial score (nSPS) is 12.5. The van der Waals surface area contributed by atoms with E-state index in [1.807, 2.05) is 6.07 Å². The first-order valence-electron chi connectivity index (χ1n) is 6.85. The van der Waals surface area contributed by atoms with Crippen LogP contribution in [0.25, 0.3) is 10.8 Å². The Kier molecular flexibility index (Phi) is 4.63. The number of hydrogen-bond donors (Lipinski definition) is 1. The Morgan fingerprint density at radius 1 is 0.952 bits per heavy atom. The second kappa shape index (κ2) is 6.65. The Morgan fingerprint density at radius 2 is 1.71 bits per heavy atom. The van der Waals surface area contributed by atoms with Gasteiger partial charge in [-0.15, -0.1) is 11.8 Å². The number of nitrogens with two attached hydrogens (primary N) is 1. The van der Waals surface area contributed by atoms with E-state index >= 15 is 0 Å². The molecule has 0 aromatic heterocycles. The van der Waals surface area contributed by atoms with E-state index in [4.69, 9.17) is 5.73 Å². The maximum atomic E-state index is 6.41. The lowest BCUT2D eigenvalue weighted by molar-refractivity contribution is 0.840. The van der Waals surface area contributed by atoms with Gasteiger partial charge in [0.1, 0.15) is 0 Å². The average Bonchev–Trinajstić information content (AvgIpc) is 2.52. The summed E-state index contributed by atoms with van der Waals surface area (Å²) in [5, 5.41) is 2.50. The summed E-state index contributed by atoms with van der Waals surface area (Å²) in [7, 11) is 0. The van der Waals surface area contributed by atoms with Crippen molar-refractivity contribution in [1.29, 1.82) is 0 Å². The summed E-state index contributed by atoms with van der Waals surface area (Å²) in [5.74, 6) is 0.866. The summed E-state index contributed by atoms with van der Waals surface area (Å²) in [6, 6.07) is 23.1. The first kappa shape index (κ1) is 14.6. The minimum Gasteiger partial charge on any atom is -0.323 e. The van der Waals surface area contributed by atoms with Crippen molar-refractivity contribution in [3.8, 4) is 0 Å². The van der Waals surface area contributed by atoms with Crippen LogP contribution in [0.1, 0.15) is 11.6 Å². The monoisotopic (exact) mass is 357 g/mol. The molecule has 0 bridgehead atoms. The molecule has 0 amide bonds. The van der Waals surface area contributed by atoms with Crippen LogP contribution in [0.15, 0.2) is 76.1 Å². The van der Waals surface area contributed by atoms with Gasteiger partial charge < -0.3 is 5.73 Å². The molecule has 0 aliphatic heterocycles. The molecule has 3 rings (SSSR count). The number of thioether (sulfide) groups is 1. The van der Waals surface area contributed by atoms with Crippen molar-refractivity contribution in [1.82, 2.24) is 0 Å². The van der Waals surface area contributed by atoms with Gasteiger partial charge in [0.25, 0.3) is 0 Å². The van der Waals surface area contributed by atoms with Crippen molar-refractivity contribution < 1.29 is 0 Å². The van der Waals surface area contributed by atoms with Crippen molar-refractivity contribution in [3.05, 3.63) is 76.8 Å². The maximum Gasteiger partial charge on any atom is 0.0396 e. The molecule has 2 N–H and O–H groups in total. The lowest BCUT2D eigenvalue weighted by atomic mass is 10.0. The molecule has 0 fully saturated rings. The van der Waals surface area contributed by atoms with Gasteiger partial charge in [0.15, 0.2) is 0 Å². The van der Waals surface area contributed by atoms with E-state index in [1.54, 1.807) is 11.8 Å². The smallest absolute Gasteiger partial charge is 0.0396 e. The van der Waals surface area contributed by atoms with Crippen molar-refractivity contribution in [2.24, 2.45) is 5.73 Å². The molecule has 21 heavy (non-hydrogen) atoms. The Morgan fingerprint density at radius 3 is 2.57 bits per heavy atom. The van der Waals surface area contributed by atoms with Gasteiger partial charge in [-0.05, 0) is 34.5 Å². The summed E-state index contributed by atoms with van der Waals surface area (Å²) >= 11 is 5.29. The number of fused-ring (bicyclic) bond motifs is 1. The number of halogens is 1. The summed E-state index contributed by atoms with van der Waals surface area (Å²) < 4.78 is 1.10. The molecule has 3 heteroatoms. The third kappa shape index (κ3) is 3.49. The van der Waals surface area contributed by atoms with Crippen LogP contribution in [0, 0.1) is 0 Å². The van der Waals surface area contributed by atoms with Crippen LogP contribution in [0.4, 0.5) is 0 Å². The highest BCUT2D eigenvalue weighted by Crippen LogP contribution is 2.29. The zero-order chi connectivity index (χ0) is 14.7. The van der Waals surface area contributed by atoms with E-state index < -0.39 is 0 Å². The van der Waals surface area contributed by atoms with Gasteiger partial charge in [-0.2, -0.15) is 0 Å². The minimum absolute atomic E-state index is 0.0279. The van der Waals surface area contributed by atoms with Crippen LogP contribution in [0.5, 0.6) is 0 Å². The Labute approximate surface area is 137 Å². The van der Waals surface area contributed by atoms with Crippen molar-refractivity contribution in [3.63, 3.8) is 0 Å². The van der Waals surface area contributed by atoms with Gasteiger partial charge in [-0.3, -0.25) is 0 Å². The molecular weight excluding hydrogens is 342 g/mol. The molecule has 106 valence electrons. The largest absolute Gasteiger partial charge is 0.323 e. The van der Waals surface area contributed by atoms with Gasteiger partial charge >= 0.3 is 0 Å². The van der Waals surface area contributed by atoms with E-state index in [1.165, 1.54) is 21.2 Å². The van der Waals surface area contributed by atoms with Gasteiger partial charge in [0.05, 0.1) is 0 Å². The first-order valence-corrected chi connectivity index (χ1v) is 8.63. The number of rotatable bonds is 4. The molecule has 0 aliphatic carbocycles. The topological polar surface area (TPSA) is 26.0 Å². The first-order chi connectivity index (χ1) is 10.2. The van der Waals surface area contributed by atoms with Crippen LogP contribution in [0.3, 0.4) is 0 Å². The van der Waals surface area contributed by atoms with Crippen molar-refractivity contribution in [2.45, 2.75) is 10.9 Å². The average molecular weight is 358 g/mol. The van der Waals surface area contributed by atoms with Gasteiger partial charge in [0.2, 0.25) is 0 Å². The van der Waals surface area contributed by atoms with Crippen molar-refractivity contribution >= 4 is 38.5 Å². The summed E-state index contributed by atoms with van der Waals surface area (Å²) in [4.78, 5) is 1.24. The lowest BCUT2D eigenvalue weighted by Gasteiger charge is -2.14. The predicted molar refractivity (Wildman–Crippen MR) is 95.7 cm³/mol. The molecule has 0 spiro atoms. The molecule has 3 aromatic carbocycles. The highest BCUT2D eigenvalue weighted by molar-refractivity contribution is 9.10. The van der Waals surface area contributed by atoms with Crippen LogP contribution in [-0.2, 0) is 0 Å². The Bertz CT molecular complexity index is 752. The zero-order valence-electron chi connectivity index (χ0n) is 11.5. The van der Waals surface area contributed by atoms with E-state index in [2.05, 4.69) is 76.6 Å². The minimum atomic E-state index is 0.0279. The standard InChI is InChI=1S/C18H16BrNS/c19-14-7-4-8-15(11-14)21-12-18(20)17-10-3-6-13-5-1-2-9-16(13)17/h1-11,18H,12,20H2. The van der Waals surface area contributed by atoms with Crippen LogP contribution >= 0.6 is 27.7 Å². The summed E-state index contributed by atoms with van der Waals surface area (Å²) in [6.45, 7) is 0. The number of benzene rings is 3. The SMILES string of the molecule is NC(CSc1cccc(Br)c1)c1cccc2ccccc12. The van der Waals surface area contributed by atoms with Crippen LogP contribution < -0.4 is 5.73 Å². The summed E-state index contributed by atoms with van der Waals surface area (Å²) in [5.41, 5.74) is 7.63. The van der Waals surface area contributed by atoms with E-state index in [0.29, 0.717) is 0 Å². The van der Waals surface area contributed by atoms with Crippen LogP contribution in [0.2, 0.25) is 0 Å². The molecule has 0 heterocycles. The Balaban J connectivity index is 1.79. The third-order valence-electron chi connectivity index (χ3n) is 3.45. The van der Waals surface area contributed by atoms with Gasteiger partial charge in [0, 0.05) is 21.2 Å². The maximum absolute atomic E-state index is 6.41. The molecule has 0 saturated heterocycles. The second-order valence-electron chi connectivity index (χ2n) is 4.94. The highest BCUT2D eigenvalue weighted by Gasteiger charge is 2.10. The van der Waals surface area contributed by atoms with Gasteiger partial charge in [-0.25, -0.2) is 0 Å². The molecule has 0 aliphatic rings. The molecule has 0 radical (unpaired) electrons. The van der Waals surface area contributed by atoms with Crippen LogP contribution in [-0.4, -0.2) is 5.75 Å². The van der Waals surface area contributed by atoms with E-state index in [-0.39, 0.29) is 6.04 Å². The lowest BCUT2D eigenvalue weighted by Crippen LogP contribution is -2.13. The van der Waals surface area contributed by atoms with Gasteiger partial charge in [-0.1, -0.05) is 64.5 Å². The highest BCUT2D eigenvalue weighted by atomic mass is 79.9.